The van der Waals surface area contributed by atoms with Crippen LogP contribution in [0.4, 0.5) is 0 Å². The molecule has 112 valence electrons. The monoisotopic (exact) mass is 292 g/mol. The van der Waals surface area contributed by atoms with Gasteiger partial charge in [-0.15, -0.1) is 0 Å². The summed E-state index contributed by atoms with van der Waals surface area (Å²) in [5.41, 5.74) is 4.79. The molecule has 1 aromatic heterocycles. The van der Waals surface area contributed by atoms with Gasteiger partial charge < -0.3 is 10.3 Å². The van der Waals surface area contributed by atoms with Gasteiger partial charge in [0.15, 0.2) is 0 Å². The number of aromatic amines is 1. The average molecular weight is 292 g/mol. The van der Waals surface area contributed by atoms with Crippen LogP contribution in [-0.4, -0.2) is 17.4 Å². The topological polar surface area (TPSA) is 44.9 Å². The van der Waals surface area contributed by atoms with E-state index in [2.05, 4.69) is 59.8 Å². The van der Waals surface area contributed by atoms with Gasteiger partial charge in [0, 0.05) is 36.5 Å². The molecule has 3 aromatic rings. The Kier molecular flexibility index (Phi) is 3.96. The van der Waals surface area contributed by atoms with Crippen LogP contribution in [0.1, 0.15) is 29.5 Å². The van der Waals surface area contributed by atoms with Crippen molar-refractivity contribution in [3.05, 3.63) is 71.4 Å². The lowest BCUT2D eigenvalue weighted by Gasteiger charge is -2.18. The van der Waals surface area contributed by atoms with Crippen LogP contribution in [0.25, 0.3) is 10.9 Å². The molecule has 3 rings (SSSR count). The van der Waals surface area contributed by atoms with Gasteiger partial charge in [0.2, 0.25) is 5.91 Å². The molecule has 3 heteroatoms. The number of hydrogen-bond donors (Lipinski definition) is 2. The molecule has 2 aromatic carbocycles. The summed E-state index contributed by atoms with van der Waals surface area (Å²) in [5, 5.41) is 4.17. The summed E-state index contributed by atoms with van der Waals surface area (Å²) in [7, 11) is 0. The molecule has 1 amide bonds. The lowest BCUT2D eigenvalue weighted by molar-refractivity contribution is -0.118. The Morgan fingerprint density at radius 3 is 2.77 bits per heavy atom. The summed E-state index contributed by atoms with van der Waals surface area (Å²) < 4.78 is 0. The maximum atomic E-state index is 11.4. The second-order valence-electron chi connectivity index (χ2n) is 5.69. The number of H-pyrrole nitrogens is 1. The minimum atomic E-state index is -0.00232. The van der Waals surface area contributed by atoms with Crippen molar-refractivity contribution in [3.8, 4) is 0 Å². The SMILES string of the molecule is CC(=O)NCC(c1cccc(C)c1)c1c[nH]c2ccccc12. The third-order valence-corrected chi connectivity index (χ3v) is 4.00. The number of carbonyl (C=O) groups excluding carboxylic acids is 1. The number of aryl methyl sites for hydroxylation is 1. The number of para-hydroxylation sites is 1. The molecule has 1 unspecified atom stereocenters. The van der Waals surface area contributed by atoms with E-state index >= 15 is 0 Å². The first-order chi connectivity index (χ1) is 10.6. The zero-order chi connectivity index (χ0) is 15.5. The van der Waals surface area contributed by atoms with Crippen molar-refractivity contribution < 1.29 is 4.79 Å². The van der Waals surface area contributed by atoms with E-state index in [1.807, 2.05) is 12.1 Å². The van der Waals surface area contributed by atoms with Crippen molar-refractivity contribution in [1.29, 1.82) is 0 Å². The summed E-state index contributed by atoms with van der Waals surface area (Å²) in [5.74, 6) is 0.137. The molecule has 1 heterocycles. The molecule has 0 saturated heterocycles. The Morgan fingerprint density at radius 1 is 1.18 bits per heavy atom. The third-order valence-electron chi connectivity index (χ3n) is 4.00. The largest absolute Gasteiger partial charge is 0.361 e. The number of rotatable bonds is 4. The normalized spacial score (nSPS) is 12.3. The highest BCUT2D eigenvalue weighted by Gasteiger charge is 2.18. The Balaban J connectivity index is 2.06. The van der Waals surface area contributed by atoms with Gasteiger partial charge in [-0.2, -0.15) is 0 Å². The molecule has 0 aliphatic carbocycles. The van der Waals surface area contributed by atoms with Gasteiger partial charge in [-0.3, -0.25) is 4.79 Å². The molecular weight excluding hydrogens is 272 g/mol. The van der Waals surface area contributed by atoms with Crippen LogP contribution in [0.3, 0.4) is 0 Å². The van der Waals surface area contributed by atoms with E-state index in [0.29, 0.717) is 6.54 Å². The van der Waals surface area contributed by atoms with Gasteiger partial charge in [0.25, 0.3) is 0 Å². The van der Waals surface area contributed by atoms with Crippen LogP contribution in [0.2, 0.25) is 0 Å². The van der Waals surface area contributed by atoms with Gasteiger partial charge in [-0.25, -0.2) is 0 Å². The molecule has 3 nitrogen and oxygen atoms in total. The average Bonchev–Trinajstić information content (AvgIpc) is 2.92. The number of fused-ring (bicyclic) bond motifs is 1. The van der Waals surface area contributed by atoms with Crippen LogP contribution in [-0.2, 0) is 4.79 Å². The zero-order valence-electron chi connectivity index (χ0n) is 12.9. The van der Waals surface area contributed by atoms with Crippen LogP contribution in [0.15, 0.2) is 54.7 Å². The number of nitrogens with one attached hydrogen (secondary N) is 2. The Morgan fingerprint density at radius 2 is 2.00 bits per heavy atom. The minimum Gasteiger partial charge on any atom is -0.361 e. The summed E-state index contributed by atoms with van der Waals surface area (Å²) in [4.78, 5) is 14.7. The number of aromatic nitrogens is 1. The molecule has 0 aliphatic rings. The van der Waals surface area contributed by atoms with Gasteiger partial charge in [0.05, 0.1) is 0 Å². The highest BCUT2D eigenvalue weighted by molar-refractivity contribution is 5.84. The first-order valence-electron chi connectivity index (χ1n) is 7.52. The van der Waals surface area contributed by atoms with Gasteiger partial charge in [0.1, 0.15) is 0 Å². The predicted octanol–water partition coefficient (Wildman–Crippen LogP) is 3.74. The van der Waals surface area contributed by atoms with E-state index in [4.69, 9.17) is 0 Å². The minimum absolute atomic E-state index is 0.00232. The van der Waals surface area contributed by atoms with E-state index in [1.165, 1.54) is 22.1 Å². The molecular formula is C19H20N2O. The van der Waals surface area contributed by atoms with Crippen LogP contribution in [0.5, 0.6) is 0 Å². The van der Waals surface area contributed by atoms with Gasteiger partial charge in [-0.05, 0) is 24.1 Å². The molecule has 22 heavy (non-hydrogen) atoms. The maximum absolute atomic E-state index is 11.4. The summed E-state index contributed by atoms with van der Waals surface area (Å²) >= 11 is 0. The van der Waals surface area contributed by atoms with E-state index in [1.54, 1.807) is 6.92 Å². The summed E-state index contributed by atoms with van der Waals surface area (Å²) in [6.45, 7) is 4.25. The number of benzene rings is 2. The van der Waals surface area contributed by atoms with Crippen molar-refractivity contribution in [2.24, 2.45) is 0 Å². The highest BCUT2D eigenvalue weighted by Crippen LogP contribution is 2.30. The van der Waals surface area contributed by atoms with Crippen molar-refractivity contribution in [2.45, 2.75) is 19.8 Å². The van der Waals surface area contributed by atoms with Crippen LogP contribution >= 0.6 is 0 Å². The molecule has 0 radical (unpaired) electrons. The van der Waals surface area contributed by atoms with E-state index < -0.39 is 0 Å². The molecule has 0 saturated carbocycles. The highest BCUT2D eigenvalue weighted by atomic mass is 16.1. The zero-order valence-corrected chi connectivity index (χ0v) is 12.9. The van der Waals surface area contributed by atoms with Crippen molar-refractivity contribution in [3.63, 3.8) is 0 Å². The summed E-state index contributed by atoms with van der Waals surface area (Å²) in [6.07, 6.45) is 2.06. The lowest BCUT2D eigenvalue weighted by atomic mass is 9.90. The second kappa shape index (κ2) is 6.06. The first kappa shape index (κ1) is 14.4. The third kappa shape index (κ3) is 2.89. The Labute approximate surface area is 130 Å². The smallest absolute Gasteiger partial charge is 0.216 e. The quantitative estimate of drug-likeness (QED) is 0.756. The Hall–Kier alpha value is -2.55. The van der Waals surface area contributed by atoms with Crippen LogP contribution in [0, 0.1) is 6.92 Å². The summed E-state index contributed by atoms with van der Waals surface area (Å²) in [6, 6.07) is 16.7. The fourth-order valence-corrected chi connectivity index (χ4v) is 2.92. The van der Waals surface area contributed by atoms with E-state index in [0.717, 1.165) is 5.52 Å². The molecule has 0 bridgehead atoms. The number of hydrogen-bond acceptors (Lipinski definition) is 1. The number of amides is 1. The van der Waals surface area contributed by atoms with Crippen molar-refractivity contribution in [2.75, 3.05) is 6.54 Å². The first-order valence-corrected chi connectivity index (χ1v) is 7.52. The van der Waals surface area contributed by atoms with Crippen LogP contribution < -0.4 is 5.32 Å². The van der Waals surface area contributed by atoms with Crippen molar-refractivity contribution in [1.82, 2.24) is 10.3 Å². The Bertz CT molecular complexity index is 804. The van der Waals surface area contributed by atoms with Crippen molar-refractivity contribution >= 4 is 16.8 Å². The van der Waals surface area contributed by atoms with Gasteiger partial charge in [-0.1, -0.05) is 48.0 Å². The molecule has 0 fully saturated rings. The lowest BCUT2D eigenvalue weighted by Crippen LogP contribution is -2.26. The number of carbonyl (C=O) groups is 1. The maximum Gasteiger partial charge on any atom is 0.216 e. The second-order valence-corrected chi connectivity index (χ2v) is 5.69. The molecule has 1 atom stereocenters. The van der Waals surface area contributed by atoms with E-state index in [-0.39, 0.29) is 11.8 Å². The molecule has 0 spiro atoms. The van der Waals surface area contributed by atoms with Gasteiger partial charge >= 0.3 is 0 Å². The molecule has 0 aliphatic heterocycles. The molecule has 2 N–H and O–H groups in total. The standard InChI is InChI=1S/C19H20N2O/c1-13-6-5-7-15(10-13)17(11-20-14(2)22)18-12-21-19-9-4-3-8-16(18)19/h3-10,12,17,21H,11H2,1-2H3,(H,20,22). The fraction of sp³-hybridized carbons (Fsp3) is 0.211. The fourth-order valence-electron chi connectivity index (χ4n) is 2.92. The predicted molar refractivity (Wildman–Crippen MR) is 90.0 cm³/mol. The van der Waals surface area contributed by atoms with E-state index in [9.17, 15) is 4.79 Å².